The van der Waals surface area contributed by atoms with Gasteiger partial charge >= 0.3 is 0 Å². The fraction of sp³-hybridized carbons (Fsp3) is 0.0667. The van der Waals surface area contributed by atoms with E-state index >= 15 is 0 Å². The number of carbonyl (C=O) groups excluding carboxylic acids is 1. The van der Waals surface area contributed by atoms with E-state index in [0.29, 0.717) is 29.5 Å². The minimum atomic E-state index is -0.334. The van der Waals surface area contributed by atoms with Gasteiger partial charge in [0.2, 0.25) is 0 Å². The number of benzene rings is 4. The zero-order chi connectivity index (χ0) is 24.7. The Hall–Kier alpha value is -4.35. The van der Waals surface area contributed by atoms with Gasteiger partial charge in [-0.15, -0.1) is 0 Å². The van der Waals surface area contributed by atoms with E-state index in [0.717, 1.165) is 27.6 Å². The van der Waals surface area contributed by atoms with Crippen molar-refractivity contribution in [2.45, 2.75) is 13.2 Å². The minimum Gasteiger partial charge on any atom is -0.488 e. The first kappa shape index (κ1) is 23.4. The average molecular weight is 494 g/mol. The Bertz CT molecular complexity index is 1510. The average Bonchev–Trinajstić information content (AvgIpc) is 3.26. The second-order valence-corrected chi connectivity index (χ2v) is 8.76. The van der Waals surface area contributed by atoms with Gasteiger partial charge in [0.15, 0.2) is 0 Å². The molecule has 5 aromatic rings. The van der Waals surface area contributed by atoms with Crippen LogP contribution in [-0.4, -0.2) is 16.7 Å². The Balaban J connectivity index is 1.31. The molecule has 0 atom stereocenters. The highest BCUT2D eigenvalue weighted by Crippen LogP contribution is 2.22. The number of hydrogen-bond donors (Lipinski definition) is 1. The summed E-state index contributed by atoms with van der Waals surface area (Å²) in [6, 6.07) is 32.9. The first-order chi connectivity index (χ1) is 17.7. The molecular formula is C30H24ClN3O2. The molecule has 178 valence electrons. The van der Waals surface area contributed by atoms with E-state index < -0.39 is 0 Å². The minimum absolute atomic E-state index is 0.334. The highest BCUT2D eigenvalue weighted by atomic mass is 35.5. The van der Waals surface area contributed by atoms with Crippen LogP contribution in [0.3, 0.4) is 0 Å². The van der Waals surface area contributed by atoms with Gasteiger partial charge in [0.25, 0.3) is 5.91 Å². The van der Waals surface area contributed by atoms with E-state index in [1.54, 1.807) is 24.4 Å². The lowest BCUT2D eigenvalue weighted by Crippen LogP contribution is -2.18. The summed E-state index contributed by atoms with van der Waals surface area (Å²) in [7, 11) is 0. The summed E-state index contributed by atoms with van der Waals surface area (Å²) in [5.41, 5.74) is 7.23. The number of amides is 1. The summed E-state index contributed by atoms with van der Waals surface area (Å²) in [5, 5.41) is 6.01. The molecule has 6 heteroatoms. The molecule has 0 saturated carbocycles. The Kier molecular flexibility index (Phi) is 7.10. The summed E-state index contributed by atoms with van der Waals surface area (Å²) in [5.74, 6) is 0.174. The molecule has 0 bridgehead atoms. The molecular weight excluding hydrogens is 470 g/mol. The molecule has 5 rings (SSSR count). The van der Waals surface area contributed by atoms with Crippen molar-refractivity contribution in [2.24, 2.45) is 5.10 Å². The molecule has 0 saturated heterocycles. The van der Waals surface area contributed by atoms with Crippen molar-refractivity contribution >= 4 is 34.6 Å². The van der Waals surface area contributed by atoms with Crippen molar-refractivity contribution in [3.8, 4) is 5.75 Å². The maximum absolute atomic E-state index is 12.9. The second kappa shape index (κ2) is 10.9. The normalized spacial score (nSPS) is 11.1. The number of rotatable bonds is 8. The van der Waals surface area contributed by atoms with Crippen LogP contribution in [0.5, 0.6) is 5.75 Å². The van der Waals surface area contributed by atoms with Crippen LogP contribution in [0.2, 0.25) is 5.02 Å². The lowest BCUT2D eigenvalue weighted by Gasteiger charge is -2.10. The third-order valence-electron chi connectivity index (χ3n) is 5.82. The predicted octanol–water partition coefficient (Wildman–Crippen LogP) is 6.69. The van der Waals surface area contributed by atoms with Crippen molar-refractivity contribution in [3.05, 3.63) is 137 Å². The van der Waals surface area contributed by atoms with Crippen LogP contribution in [0.15, 0.2) is 114 Å². The largest absolute Gasteiger partial charge is 0.488 e. The maximum Gasteiger partial charge on any atom is 0.275 e. The number of nitrogens with zero attached hydrogens (tertiary/aromatic N) is 2. The fourth-order valence-corrected chi connectivity index (χ4v) is 4.16. The van der Waals surface area contributed by atoms with Crippen molar-refractivity contribution in [2.75, 3.05) is 0 Å². The van der Waals surface area contributed by atoms with Crippen molar-refractivity contribution < 1.29 is 9.53 Å². The number of aromatic nitrogens is 1. The summed E-state index contributed by atoms with van der Waals surface area (Å²) in [4.78, 5) is 12.9. The molecule has 0 aliphatic rings. The third-order valence-corrected chi connectivity index (χ3v) is 6.08. The van der Waals surface area contributed by atoms with Crippen LogP contribution in [0.1, 0.15) is 27.0 Å². The topological polar surface area (TPSA) is 55.6 Å². The highest BCUT2D eigenvalue weighted by molar-refractivity contribution is 6.30. The van der Waals surface area contributed by atoms with Crippen LogP contribution in [0, 0.1) is 0 Å². The summed E-state index contributed by atoms with van der Waals surface area (Å²) >= 11 is 6.03. The number of halogens is 1. The van der Waals surface area contributed by atoms with Crippen LogP contribution in [0.4, 0.5) is 0 Å². The number of nitrogens with one attached hydrogen (secondary N) is 1. The third kappa shape index (κ3) is 5.48. The SMILES string of the molecule is O=C(N/N=C\c1cn(Cc2ccc(Cl)cc2)c2ccccc12)c1ccccc1OCc1ccccc1. The van der Waals surface area contributed by atoms with Crippen LogP contribution >= 0.6 is 11.6 Å². The number of para-hydroxylation sites is 2. The lowest BCUT2D eigenvalue weighted by molar-refractivity contribution is 0.0950. The Morgan fingerprint density at radius 1 is 0.861 bits per heavy atom. The van der Waals surface area contributed by atoms with Gasteiger partial charge in [-0.25, -0.2) is 5.43 Å². The monoisotopic (exact) mass is 493 g/mol. The van der Waals surface area contributed by atoms with Crippen molar-refractivity contribution in [3.63, 3.8) is 0 Å². The maximum atomic E-state index is 12.9. The van der Waals surface area contributed by atoms with Gasteiger partial charge in [0.1, 0.15) is 12.4 Å². The van der Waals surface area contributed by atoms with Gasteiger partial charge < -0.3 is 9.30 Å². The number of hydrogen-bond acceptors (Lipinski definition) is 3. The molecule has 0 spiro atoms. The Labute approximate surface area is 214 Å². The van der Waals surface area contributed by atoms with E-state index in [1.807, 2.05) is 85.1 Å². The molecule has 0 fully saturated rings. The van der Waals surface area contributed by atoms with Gasteiger partial charge in [-0.2, -0.15) is 5.10 Å². The number of fused-ring (bicyclic) bond motifs is 1. The quantitative estimate of drug-likeness (QED) is 0.193. The van der Waals surface area contributed by atoms with E-state index in [9.17, 15) is 4.79 Å². The molecule has 0 radical (unpaired) electrons. The second-order valence-electron chi connectivity index (χ2n) is 8.33. The molecule has 1 aromatic heterocycles. The first-order valence-corrected chi connectivity index (χ1v) is 12.0. The standard InChI is InChI=1S/C30H24ClN3O2/c31-25-16-14-22(15-17-25)19-34-20-24(26-10-4-6-12-28(26)34)18-32-33-30(35)27-11-5-7-13-29(27)36-21-23-8-2-1-3-9-23/h1-18,20H,19,21H2,(H,33,35)/b32-18-. The van der Waals surface area contributed by atoms with Gasteiger partial charge in [-0.1, -0.05) is 84.4 Å². The molecule has 5 nitrogen and oxygen atoms in total. The predicted molar refractivity (Wildman–Crippen MR) is 145 cm³/mol. The lowest BCUT2D eigenvalue weighted by atomic mass is 10.2. The van der Waals surface area contributed by atoms with Crippen molar-refractivity contribution in [1.29, 1.82) is 0 Å². The van der Waals surface area contributed by atoms with Gasteiger partial charge in [0.05, 0.1) is 11.8 Å². The van der Waals surface area contributed by atoms with Crippen LogP contribution in [0.25, 0.3) is 10.9 Å². The molecule has 1 N–H and O–H groups in total. The molecule has 36 heavy (non-hydrogen) atoms. The summed E-state index contributed by atoms with van der Waals surface area (Å²) < 4.78 is 8.07. The summed E-state index contributed by atoms with van der Waals surface area (Å²) in [6.45, 7) is 1.07. The molecule has 1 heterocycles. The van der Waals surface area contributed by atoms with Gasteiger partial charge in [0, 0.05) is 34.2 Å². The molecule has 0 unspecified atom stereocenters. The van der Waals surface area contributed by atoms with Gasteiger partial charge in [-0.3, -0.25) is 4.79 Å². The molecule has 1 amide bonds. The number of carbonyl (C=O) groups is 1. The molecule has 4 aromatic carbocycles. The number of ether oxygens (including phenoxy) is 1. The van der Waals surface area contributed by atoms with E-state index in [2.05, 4.69) is 21.2 Å². The smallest absolute Gasteiger partial charge is 0.275 e. The summed E-state index contributed by atoms with van der Waals surface area (Å²) in [6.07, 6.45) is 3.71. The Morgan fingerprint density at radius 3 is 2.42 bits per heavy atom. The Morgan fingerprint density at radius 2 is 1.58 bits per heavy atom. The van der Waals surface area contributed by atoms with Crippen LogP contribution in [-0.2, 0) is 13.2 Å². The van der Waals surface area contributed by atoms with Crippen molar-refractivity contribution in [1.82, 2.24) is 9.99 Å². The van der Waals surface area contributed by atoms with Crippen LogP contribution < -0.4 is 10.2 Å². The highest BCUT2D eigenvalue weighted by Gasteiger charge is 2.12. The fourth-order valence-electron chi connectivity index (χ4n) is 4.03. The molecule has 0 aliphatic carbocycles. The number of hydrazone groups is 1. The van der Waals surface area contributed by atoms with E-state index in [4.69, 9.17) is 16.3 Å². The first-order valence-electron chi connectivity index (χ1n) is 11.6. The van der Waals surface area contributed by atoms with Gasteiger partial charge in [-0.05, 0) is 41.5 Å². The van der Waals surface area contributed by atoms with E-state index in [-0.39, 0.29) is 5.91 Å². The van der Waals surface area contributed by atoms with E-state index in [1.165, 1.54) is 0 Å². The molecule has 0 aliphatic heterocycles. The zero-order valence-corrected chi connectivity index (χ0v) is 20.2. The zero-order valence-electron chi connectivity index (χ0n) is 19.5.